The van der Waals surface area contributed by atoms with Crippen LogP contribution in [0.1, 0.15) is 40.5 Å². The van der Waals surface area contributed by atoms with Gasteiger partial charge in [-0.2, -0.15) is 0 Å². The summed E-state index contributed by atoms with van der Waals surface area (Å²) in [4.78, 5) is 23.2. The molecule has 0 aliphatic carbocycles. The van der Waals surface area contributed by atoms with Crippen LogP contribution in [0.4, 0.5) is 0 Å². The van der Waals surface area contributed by atoms with E-state index in [4.69, 9.17) is 14.2 Å². The zero-order chi connectivity index (χ0) is 13.8. The van der Waals surface area contributed by atoms with Crippen LogP contribution in [0.5, 0.6) is 0 Å². The number of ether oxygens (including phenoxy) is 3. The summed E-state index contributed by atoms with van der Waals surface area (Å²) in [6.07, 6.45) is 1.33. The normalized spacial score (nSPS) is 23.8. The first-order chi connectivity index (χ1) is 8.29. The molecule has 1 saturated heterocycles. The topological polar surface area (TPSA) is 61.8 Å². The molecule has 0 aromatic carbocycles. The zero-order valence-corrected chi connectivity index (χ0v) is 11.6. The highest BCUT2D eigenvalue weighted by atomic mass is 16.6. The SMILES string of the molecule is CCC(C)(C)C(=O)OCC(=O)OC1(C)CCOC1. The largest absolute Gasteiger partial charge is 0.454 e. The van der Waals surface area contributed by atoms with Gasteiger partial charge in [-0.1, -0.05) is 6.92 Å². The molecular weight excluding hydrogens is 236 g/mol. The van der Waals surface area contributed by atoms with E-state index in [-0.39, 0.29) is 12.6 Å². The molecule has 1 atom stereocenters. The fourth-order valence-corrected chi connectivity index (χ4v) is 1.50. The number of esters is 2. The molecule has 0 spiro atoms. The van der Waals surface area contributed by atoms with Gasteiger partial charge in [0.1, 0.15) is 5.60 Å². The Kier molecular flexibility index (Phi) is 4.73. The minimum atomic E-state index is -0.580. The van der Waals surface area contributed by atoms with Crippen molar-refractivity contribution in [1.29, 1.82) is 0 Å². The minimum absolute atomic E-state index is 0.335. The molecule has 104 valence electrons. The summed E-state index contributed by atoms with van der Waals surface area (Å²) in [6, 6.07) is 0. The molecule has 1 fully saturated rings. The van der Waals surface area contributed by atoms with Crippen molar-refractivity contribution in [3.63, 3.8) is 0 Å². The van der Waals surface area contributed by atoms with Gasteiger partial charge in [0.25, 0.3) is 0 Å². The van der Waals surface area contributed by atoms with Crippen LogP contribution in [-0.4, -0.2) is 37.4 Å². The molecule has 18 heavy (non-hydrogen) atoms. The second kappa shape index (κ2) is 5.69. The number of hydrogen-bond donors (Lipinski definition) is 0. The second-order valence-corrected chi connectivity index (χ2v) is 5.54. The molecule has 1 aliphatic heterocycles. The van der Waals surface area contributed by atoms with E-state index in [1.807, 2.05) is 13.8 Å². The standard InChI is InChI=1S/C13H22O5/c1-5-12(2,3)11(15)17-8-10(14)18-13(4)6-7-16-9-13/h5-9H2,1-4H3. The van der Waals surface area contributed by atoms with Gasteiger partial charge in [0.15, 0.2) is 6.61 Å². The van der Waals surface area contributed by atoms with Gasteiger partial charge in [0.2, 0.25) is 0 Å². The first-order valence-electron chi connectivity index (χ1n) is 6.26. The third-order valence-corrected chi connectivity index (χ3v) is 3.30. The van der Waals surface area contributed by atoms with Gasteiger partial charge in [0, 0.05) is 6.42 Å². The molecule has 1 heterocycles. The molecule has 1 rings (SSSR count). The van der Waals surface area contributed by atoms with Crippen molar-refractivity contribution in [3.8, 4) is 0 Å². The van der Waals surface area contributed by atoms with Crippen LogP contribution >= 0.6 is 0 Å². The third kappa shape index (κ3) is 3.98. The molecule has 0 saturated carbocycles. The predicted molar refractivity (Wildman–Crippen MR) is 65.0 cm³/mol. The first-order valence-corrected chi connectivity index (χ1v) is 6.26. The quantitative estimate of drug-likeness (QED) is 0.702. The molecule has 0 aromatic heterocycles. The molecule has 0 aromatic rings. The second-order valence-electron chi connectivity index (χ2n) is 5.54. The van der Waals surface area contributed by atoms with Crippen molar-refractivity contribution in [2.24, 2.45) is 5.41 Å². The van der Waals surface area contributed by atoms with E-state index in [0.29, 0.717) is 26.1 Å². The molecule has 1 unspecified atom stereocenters. The zero-order valence-electron chi connectivity index (χ0n) is 11.6. The van der Waals surface area contributed by atoms with Gasteiger partial charge in [-0.15, -0.1) is 0 Å². The van der Waals surface area contributed by atoms with Gasteiger partial charge < -0.3 is 14.2 Å². The van der Waals surface area contributed by atoms with Crippen molar-refractivity contribution < 1.29 is 23.8 Å². The van der Waals surface area contributed by atoms with Crippen LogP contribution < -0.4 is 0 Å². The summed E-state index contributed by atoms with van der Waals surface area (Å²) in [7, 11) is 0. The summed E-state index contributed by atoms with van der Waals surface area (Å²) in [5.41, 5.74) is -1.15. The van der Waals surface area contributed by atoms with Crippen molar-refractivity contribution >= 4 is 11.9 Å². The first kappa shape index (κ1) is 15.0. The summed E-state index contributed by atoms with van der Waals surface area (Å²) < 4.78 is 15.4. The molecule has 5 nitrogen and oxygen atoms in total. The van der Waals surface area contributed by atoms with Crippen molar-refractivity contribution in [2.45, 2.75) is 46.1 Å². The van der Waals surface area contributed by atoms with E-state index in [2.05, 4.69) is 0 Å². The molecular formula is C13H22O5. The number of hydrogen-bond acceptors (Lipinski definition) is 5. The lowest BCUT2D eigenvalue weighted by atomic mass is 9.91. The van der Waals surface area contributed by atoms with Gasteiger partial charge in [-0.05, 0) is 27.2 Å². The maximum Gasteiger partial charge on any atom is 0.344 e. The number of rotatable bonds is 5. The van der Waals surface area contributed by atoms with E-state index in [1.165, 1.54) is 0 Å². The smallest absolute Gasteiger partial charge is 0.344 e. The van der Waals surface area contributed by atoms with E-state index >= 15 is 0 Å². The molecule has 1 aliphatic rings. The van der Waals surface area contributed by atoms with Gasteiger partial charge >= 0.3 is 11.9 Å². The highest BCUT2D eigenvalue weighted by Crippen LogP contribution is 2.23. The summed E-state index contributed by atoms with van der Waals surface area (Å²) in [5, 5.41) is 0. The van der Waals surface area contributed by atoms with Crippen molar-refractivity contribution in [3.05, 3.63) is 0 Å². The number of carbonyl (C=O) groups is 2. The lowest BCUT2D eigenvalue weighted by Gasteiger charge is -2.23. The molecule has 0 amide bonds. The van der Waals surface area contributed by atoms with Gasteiger partial charge in [0.05, 0.1) is 18.6 Å². The Hall–Kier alpha value is -1.10. The van der Waals surface area contributed by atoms with E-state index < -0.39 is 17.0 Å². The summed E-state index contributed by atoms with van der Waals surface area (Å²) >= 11 is 0. The maximum absolute atomic E-state index is 11.7. The van der Waals surface area contributed by atoms with E-state index in [9.17, 15) is 9.59 Å². The van der Waals surface area contributed by atoms with Gasteiger partial charge in [-0.25, -0.2) is 4.79 Å². The van der Waals surface area contributed by atoms with Crippen LogP contribution in [-0.2, 0) is 23.8 Å². The number of carbonyl (C=O) groups excluding carboxylic acids is 2. The summed E-state index contributed by atoms with van der Waals surface area (Å²) in [5.74, 6) is -0.905. The molecule has 0 N–H and O–H groups in total. The van der Waals surface area contributed by atoms with E-state index in [0.717, 1.165) is 0 Å². The van der Waals surface area contributed by atoms with Crippen LogP contribution in [0.25, 0.3) is 0 Å². The fraction of sp³-hybridized carbons (Fsp3) is 0.846. The maximum atomic E-state index is 11.7. The Balaban J connectivity index is 2.35. The predicted octanol–water partition coefficient (Wildman–Crippen LogP) is 1.69. The van der Waals surface area contributed by atoms with Crippen LogP contribution in [0, 0.1) is 5.41 Å². The Morgan fingerprint density at radius 3 is 2.56 bits per heavy atom. The summed E-state index contributed by atoms with van der Waals surface area (Å²) in [6.45, 7) is 7.93. The van der Waals surface area contributed by atoms with Crippen molar-refractivity contribution in [2.75, 3.05) is 19.8 Å². The Bertz CT molecular complexity index is 315. The van der Waals surface area contributed by atoms with Crippen LogP contribution in [0.2, 0.25) is 0 Å². The minimum Gasteiger partial charge on any atom is -0.454 e. The fourth-order valence-electron chi connectivity index (χ4n) is 1.50. The Labute approximate surface area is 108 Å². The molecule has 0 radical (unpaired) electrons. The highest BCUT2D eigenvalue weighted by Gasteiger charge is 2.34. The van der Waals surface area contributed by atoms with Crippen molar-refractivity contribution in [1.82, 2.24) is 0 Å². The average Bonchev–Trinajstić information content (AvgIpc) is 2.72. The third-order valence-electron chi connectivity index (χ3n) is 3.30. The van der Waals surface area contributed by atoms with Gasteiger partial charge in [-0.3, -0.25) is 4.79 Å². The van der Waals surface area contributed by atoms with Crippen LogP contribution in [0.15, 0.2) is 0 Å². The lowest BCUT2D eigenvalue weighted by molar-refractivity contribution is -0.172. The Morgan fingerprint density at radius 1 is 1.39 bits per heavy atom. The Morgan fingerprint density at radius 2 is 2.06 bits per heavy atom. The van der Waals surface area contributed by atoms with Crippen LogP contribution in [0.3, 0.4) is 0 Å². The van der Waals surface area contributed by atoms with E-state index in [1.54, 1.807) is 13.8 Å². The molecule has 0 bridgehead atoms. The average molecular weight is 258 g/mol. The molecule has 5 heteroatoms. The lowest BCUT2D eigenvalue weighted by Crippen LogP contribution is -2.35. The monoisotopic (exact) mass is 258 g/mol. The highest BCUT2D eigenvalue weighted by molar-refractivity contribution is 5.79.